The number of fused-ring (bicyclic) bond motifs is 1. The molecule has 1 aliphatic heterocycles. The summed E-state index contributed by atoms with van der Waals surface area (Å²) in [6, 6.07) is 6.87. The van der Waals surface area contributed by atoms with Crippen LogP contribution in [0.3, 0.4) is 0 Å². The van der Waals surface area contributed by atoms with Crippen LogP contribution in [0.25, 0.3) is 11.4 Å². The maximum Gasteiger partial charge on any atom is 0.257 e. The van der Waals surface area contributed by atoms with Gasteiger partial charge < -0.3 is 20.3 Å². The maximum atomic E-state index is 13.1. The summed E-state index contributed by atoms with van der Waals surface area (Å²) in [7, 11) is 3.26. The van der Waals surface area contributed by atoms with Gasteiger partial charge in [0, 0.05) is 30.1 Å². The summed E-state index contributed by atoms with van der Waals surface area (Å²) in [6.07, 6.45) is 3.21. The van der Waals surface area contributed by atoms with Crippen molar-refractivity contribution in [1.29, 1.82) is 0 Å². The number of aromatic nitrogens is 4. The molecular formula is C22H23N7O3. The number of benzene rings is 1. The highest BCUT2D eigenvalue weighted by Crippen LogP contribution is 2.39. The Morgan fingerprint density at radius 1 is 1.31 bits per heavy atom. The van der Waals surface area contributed by atoms with Crippen LogP contribution in [0.2, 0.25) is 0 Å². The van der Waals surface area contributed by atoms with E-state index in [-0.39, 0.29) is 35.4 Å². The second-order valence-electron chi connectivity index (χ2n) is 7.78. The first-order valence-corrected chi connectivity index (χ1v) is 10.1. The van der Waals surface area contributed by atoms with Crippen molar-refractivity contribution in [3.63, 3.8) is 0 Å². The van der Waals surface area contributed by atoms with Crippen molar-refractivity contribution < 1.29 is 18.4 Å². The lowest BCUT2D eigenvalue weighted by Crippen LogP contribution is -2.18. The zero-order chi connectivity index (χ0) is 24.9. The third-order valence-corrected chi connectivity index (χ3v) is 5.39. The van der Waals surface area contributed by atoms with E-state index in [4.69, 9.17) is 8.85 Å². The molecule has 1 aromatic carbocycles. The van der Waals surface area contributed by atoms with Gasteiger partial charge in [0.05, 0.1) is 41.9 Å². The van der Waals surface area contributed by atoms with Gasteiger partial charge in [-0.15, -0.1) is 0 Å². The number of para-hydroxylation sites is 1. The van der Waals surface area contributed by atoms with Crippen molar-refractivity contribution in [3.8, 4) is 17.1 Å². The predicted octanol–water partition coefficient (Wildman–Crippen LogP) is 2.56. The first kappa shape index (κ1) is 16.7. The number of ether oxygens (including phenoxy) is 1. The molecule has 1 fully saturated rings. The summed E-state index contributed by atoms with van der Waals surface area (Å²) in [4.78, 5) is 34.9. The fraction of sp³-hybridized carbons (Fsp3) is 0.318. The smallest absolute Gasteiger partial charge is 0.257 e. The number of rotatable bonds is 6. The van der Waals surface area contributed by atoms with Crippen molar-refractivity contribution in [3.05, 3.63) is 41.9 Å². The normalized spacial score (nSPS) is 16.8. The molecule has 164 valence electrons. The Morgan fingerprint density at radius 2 is 2.16 bits per heavy atom. The van der Waals surface area contributed by atoms with Crippen molar-refractivity contribution >= 4 is 29.0 Å². The van der Waals surface area contributed by atoms with Gasteiger partial charge in [-0.3, -0.25) is 14.3 Å². The summed E-state index contributed by atoms with van der Waals surface area (Å²) in [5.74, 6) is 0.258. The second-order valence-corrected chi connectivity index (χ2v) is 7.78. The summed E-state index contributed by atoms with van der Waals surface area (Å²) < 4.78 is 30.4. The molecule has 3 heterocycles. The fourth-order valence-electron chi connectivity index (χ4n) is 3.68. The number of nitrogens with one attached hydrogen (secondary N) is 2. The summed E-state index contributed by atoms with van der Waals surface area (Å²) in [5, 5.41) is 10.3. The molecule has 3 aromatic rings. The molecule has 2 aliphatic rings. The number of nitrogens with zero attached hydrogens (tertiary/aromatic N) is 5. The zero-order valence-corrected chi connectivity index (χ0v) is 17.5. The van der Waals surface area contributed by atoms with Gasteiger partial charge in [-0.1, -0.05) is 6.07 Å². The lowest BCUT2D eigenvalue weighted by molar-refractivity contribution is -0.117. The van der Waals surface area contributed by atoms with Crippen LogP contribution in [0, 0.1) is 5.92 Å². The first-order chi connectivity index (χ1) is 16.7. The maximum absolute atomic E-state index is 13.1. The number of amides is 2. The second kappa shape index (κ2) is 7.63. The standard InChI is InChI=1S/C22H23N7O3/c1-28-10-16-18(22(28)31)15(9-17(25-16)26-21(30)12-7-8-12)24-14-6-4-5-13(19(14)32-3)20-23-11-29(2)27-20/h4-6,9,11-12H,7-8,10H2,1-3H3,(H2,24,25,26,30)/i1D3. The predicted molar refractivity (Wildman–Crippen MR) is 118 cm³/mol. The minimum absolute atomic E-state index is 0.0513. The minimum atomic E-state index is -2.63. The van der Waals surface area contributed by atoms with Gasteiger partial charge in [-0.05, 0) is 25.0 Å². The largest absolute Gasteiger partial charge is 0.494 e. The number of methoxy groups -OCH3 is 1. The summed E-state index contributed by atoms with van der Waals surface area (Å²) in [6.45, 7) is -2.82. The summed E-state index contributed by atoms with van der Waals surface area (Å²) >= 11 is 0. The molecule has 2 aromatic heterocycles. The van der Waals surface area contributed by atoms with E-state index in [1.807, 2.05) is 0 Å². The van der Waals surface area contributed by atoms with E-state index in [0.717, 1.165) is 17.7 Å². The highest BCUT2D eigenvalue weighted by molar-refractivity contribution is 6.05. The van der Waals surface area contributed by atoms with Crippen LogP contribution in [0.5, 0.6) is 5.75 Å². The van der Waals surface area contributed by atoms with Crippen LogP contribution >= 0.6 is 0 Å². The van der Waals surface area contributed by atoms with Gasteiger partial charge in [-0.25, -0.2) is 9.97 Å². The first-order valence-electron chi connectivity index (χ1n) is 11.6. The monoisotopic (exact) mass is 436 g/mol. The van der Waals surface area contributed by atoms with Gasteiger partial charge in [0.2, 0.25) is 5.91 Å². The van der Waals surface area contributed by atoms with Crippen molar-refractivity contribution in [1.82, 2.24) is 24.6 Å². The lowest BCUT2D eigenvalue weighted by atomic mass is 10.1. The third-order valence-electron chi connectivity index (χ3n) is 5.39. The van der Waals surface area contributed by atoms with Crippen LogP contribution < -0.4 is 15.4 Å². The molecule has 10 heteroatoms. The Labute approximate surface area is 188 Å². The molecule has 1 saturated carbocycles. The zero-order valence-electron chi connectivity index (χ0n) is 20.5. The lowest BCUT2D eigenvalue weighted by Gasteiger charge is -2.16. The van der Waals surface area contributed by atoms with Crippen molar-refractivity contribution in [2.75, 3.05) is 24.7 Å². The molecule has 0 atom stereocenters. The van der Waals surface area contributed by atoms with E-state index in [2.05, 4.69) is 25.7 Å². The van der Waals surface area contributed by atoms with Crippen molar-refractivity contribution in [2.45, 2.75) is 19.4 Å². The number of hydrogen-bond donors (Lipinski definition) is 2. The van der Waals surface area contributed by atoms with E-state index >= 15 is 0 Å². The van der Waals surface area contributed by atoms with Crippen molar-refractivity contribution in [2.24, 2.45) is 13.0 Å². The van der Waals surface area contributed by atoms with E-state index in [0.29, 0.717) is 28.5 Å². The molecule has 0 unspecified atom stereocenters. The van der Waals surface area contributed by atoms with Gasteiger partial charge in [0.25, 0.3) is 5.91 Å². The number of hydrogen-bond acceptors (Lipinski definition) is 7. The number of pyridine rings is 1. The number of anilines is 3. The Balaban J connectivity index is 1.57. The SMILES string of the molecule is [2H]C([2H])([2H])N1Cc2nc(NC(=O)C3CC3)cc(Nc3cccc(-c4ncn(C)n4)c3OC)c2C1=O. The highest BCUT2D eigenvalue weighted by Gasteiger charge is 2.33. The van der Waals surface area contributed by atoms with E-state index in [9.17, 15) is 9.59 Å². The van der Waals surface area contributed by atoms with Crippen LogP contribution in [-0.4, -0.2) is 50.5 Å². The number of carbonyl (C=O) groups is 2. The Bertz CT molecular complexity index is 1330. The van der Waals surface area contributed by atoms with Gasteiger partial charge in [-0.2, -0.15) is 5.10 Å². The highest BCUT2D eigenvalue weighted by atomic mass is 16.5. The van der Waals surface area contributed by atoms with Gasteiger partial charge >= 0.3 is 0 Å². The van der Waals surface area contributed by atoms with Gasteiger partial charge in [0.15, 0.2) is 11.6 Å². The van der Waals surface area contributed by atoms with Gasteiger partial charge in [0.1, 0.15) is 12.1 Å². The Kier molecular flexibility index (Phi) is 3.98. The Hall–Kier alpha value is -3.95. The molecule has 0 bridgehead atoms. The average Bonchev–Trinajstić information content (AvgIpc) is 3.48. The molecule has 2 amide bonds. The Morgan fingerprint density at radius 3 is 2.84 bits per heavy atom. The molecule has 0 spiro atoms. The topological polar surface area (TPSA) is 114 Å². The van der Waals surface area contributed by atoms with E-state index in [1.54, 1.807) is 36.3 Å². The quantitative estimate of drug-likeness (QED) is 0.610. The van der Waals surface area contributed by atoms with Crippen LogP contribution in [0.4, 0.5) is 17.2 Å². The molecular weight excluding hydrogens is 410 g/mol. The molecule has 5 rings (SSSR count). The number of carbonyl (C=O) groups excluding carboxylic acids is 2. The van der Waals surface area contributed by atoms with Crippen LogP contribution in [0.15, 0.2) is 30.6 Å². The molecule has 1 aliphatic carbocycles. The summed E-state index contributed by atoms with van der Waals surface area (Å²) in [5.41, 5.74) is 1.84. The molecule has 10 nitrogen and oxygen atoms in total. The molecule has 0 saturated heterocycles. The average molecular weight is 436 g/mol. The molecule has 2 N–H and O–H groups in total. The molecule has 32 heavy (non-hydrogen) atoms. The fourth-order valence-corrected chi connectivity index (χ4v) is 3.68. The van der Waals surface area contributed by atoms with Crippen LogP contribution in [-0.2, 0) is 18.4 Å². The number of aryl methyl sites for hydroxylation is 1. The van der Waals surface area contributed by atoms with E-state index in [1.165, 1.54) is 13.2 Å². The minimum Gasteiger partial charge on any atom is -0.494 e. The van der Waals surface area contributed by atoms with E-state index < -0.39 is 12.9 Å². The third kappa shape index (κ3) is 3.53. The molecule has 0 radical (unpaired) electrons. The van der Waals surface area contributed by atoms with Crippen LogP contribution in [0.1, 0.15) is 33.0 Å².